The molecule has 37 heavy (non-hydrogen) atoms. The van der Waals surface area contributed by atoms with Crippen molar-refractivity contribution in [1.29, 1.82) is 0 Å². The average Bonchev–Trinajstić information content (AvgIpc) is 3.71. The van der Waals surface area contributed by atoms with Crippen LogP contribution in [0.2, 0.25) is 0 Å². The third-order valence-electron chi connectivity index (χ3n) is 5.35. The normalized spacial score (nSPS) is 14.0. The summed E-state index contributed by atoms with van der Waals surface area (Å²) in [5, 5.41) is 11.3. The quantitative estimate of drug-likeness (QED) is 0.378. The maximum absolute atomic E-state index is 12.9. The summed E-state index contributed by atoms with van der Waals surface area (Å²) in [5.41, 5.74) is 0.123. The zero-order valence-corrected chi connectivity index (χ0v) is 20.9. The molecule has 1 aliphatic rings. The van der Waals surface area contributed by atoms with Crippen LogP contribution in [0.5, 0.6) is 17.5 Å². The number of methoxy groups -OCH3 is 1. The van der Waals surface area contributed by atoms with Gasteiger partial charge in [0, 0.05) is 25.4 Å². The van der Waals surface area contributed by atoms with E-state index in [2.05, 4.69) is 15.3 Å². The van der Waals surface area contributed by atoms with E-state index in [0.717, 1.165) is 6.20 Å². The Morgan fingerprint density at radius 1 is 1.08 bits per heavy atom. The Kier molecular flexibility index (Phi) is 7.69. The first-order valence-corrected chi connectivity index (χ1v) is 12.9. The summed E-state index contributed by atoms with van der Waals surface area (Å²) in [4.78, 5) is 32.4. The van der Waals surface area contributed by atoms with Crippen LogP contribution in [0.25, 0.3) is 0 Å². The lowest BCUT2D eigenvalue weighted by atomic mass is 10.2. The fourth-order valence-electron chi connectivity index (χ4n) is 3.37. The van der Waals surface area contributed by atoms with Gasteiger partial charge in [0.1, 0.15) is 17.7 Å². The number of sulfone groups is 1. The zero-order chi connectivity index (χ0) is 26.6. The molecule has 1 fully saturated rings. The SMILES string of the molecule is COC[C@@H](C)Oc1cc(C(=O)Nc2ccc(C(=O)O)cn2)cc(Oc2ccc(S(=O)(=O)C3CC3)cc2)n1. The molecule has 0 saturated heterocycles. The number of carbonyl (C=O) groups excluding carboxylic acids is 1. The van der Waals surface area contributed by atoms with Crippen molar-refractivity contribution in [2.75, 3.05) is 19.0 Å². The highest BCUT2D eigenvalue weighted by Gasteiger charge is 2.36. The zero-order valence-electron chi connectivity index (χ0n) is 20.1. The van der Waals surface area contributed by atoms with Gasteiger partial charge in [-0.2, -0.15) is 4.98 Å². The Morgan fingerprint density at radius 3 is 2.38 bits per heavy atom. The first-order chi connectivity index (χ1) is 17.7. The van der Waals surface area contributed by atoms with E-state index in [9.17, 15) is 18.0 Å². The van der Waals surface area contributed by atoms with Crippen LogP contribution in [0.4, 0.5) is 5.82 Å². The van der Waals surface area contributed by atoms with Crippen LogP contribution in [0.15, 0.2) is 59.6 Å². The van der Waals surface area contributed by atoms with Crippen molar-refractivity contribution in [1.82, 2.24) is 9.97 Å². The number of carboxylic acid groups (broad SMARTS) is 1. The molecule has 0 spiro atoms. The highest BCUT2D eigenvalue weighted by molar-refractivity contribution is 7.92. The maximum atomic E-state index is 12.9. The van der Waals surface area contributed by atoms with Crippen molar-refractivity contribution < 1.29 is 37.3 Å². The van der Waals surface area contributed by atoms with Gasteiger partial charge in [-0.15, -0.1) is 0 Å². The summed E-state index contributed by atoms with van der Waals surface area (Å²) in [5.74, 6) is -1.07. The number of ether oxygens (including phenoxy) is 3. The predicted molar refractivity (Wildman–Crippen MR) is 132 cm³/mol. The third kappa shape index (κ3) is 6.60. The first kappa shape index (κ1) is 26.0. The molecule has 2 aromatic heterocycles. The number of hydrogen-bond donors (Lipinski definition) is 2. The van der Waals surface area contributed by atoms with Crippen molar-refractivity contribution in [3.05, 3.63) is 65.9 Å². The molecule has 2 N–H and O–H groups in total. The number of aromatic carboxylic acids is 1. The summed E-state index contributed by atoms with van der Waals surface area (Å²) in [6, 6.07) is 11.5. The second kappa shape index (κ2) is 10.9. The van der Waals surface area contributed by atoms with Crippen LogP contribution in [0.3, 0.4) is 0 Å². The number of carboxylic acids is 1. The topological polar surface area (TPSA) is 154 Å². The van der Waals surface area contributed by atoms with E-state index in [1.165, 1.54) is 55.6 Å². The fraction of sp³-hybridized carbons (Fsp3) is 0.280. The van der Waals surface area contributed by atoms with E-state index in [1.54, 1.807) is 6.92 Å². The minimum atomic E-state index is -3.33. The van der Waals surface area contributed by atoms with Crippen LogP contribution in [-0.2, 0) is 14.6 Å². The highest BCUT2D eigenvalue weighted by atomic mass is 32.2. The van der Waals surface area contributed by atoms with Crippen LogP contribution in [-0.4, -0.2) is 60.4 Å². The largest absolute Gasteiger partial charge is 0.478 e. The minimum Gasteiger partial charge on any atom is -0.478 e. The van der Waals surface area contributed by atoms with E-state index < -0.39 is 21.7 Å². The molecule has 0 aliphatic heterocycles. The molecule has 1 saturated carbocycles. The molecule has 1 aliphatic carbocycles. The molecule has 0 radical (unpaired) electrons. The number of aromatic nitrogens is 2. The van der Waals surface area contributed by atoms with Crippen LogP contribution in [0, 0.1) is 0 Å². The van der Waals surface area contributed by atoms with E-state index in [0.29, 0.717) is 18.6 Å². The number of rotatable bonds is 11. The number of nitrogens with zero attached hydrogens (tertiary/aromatic N) is 2. The molecule has 194 valence electrons. The molecular weight excluding hydrogens is 502 g/mol. The van der Waals surface area contributed by atoms with Gasteiger partial charge in [-0.1, -0.05) is 0 Å². The van der Waals surface area contributed by atoms with Gasteiger partial charge >= 0.3 is 5.97 Å². The molecule has 2 heterocycles. The molecular formula is C25H25N3O8S. The Bertz CT molecular complexity index is 1390. The average molecular weight is 528 g/mol. The van der Waals surface area contributed by atoms with E-state index in [4.69, 9.17) is 19.3 Å². The van der Waals surface area contributed by atoms with Gasteiger partial charge in [0.15, 0.2) is 9.84 Å². The minimum absolute atomic E-state index is 0.0173. The molecule has 11 nitrogen and oxygen atoms in total. The second-order valence-electron chi connectivity index (χ2n) is 8.43. The monoisotopic (exact) mass is 527 g/mol. The lowest BCUT2D eigenvalue weighted by molar-refractivity contribution is 0.0696. The fourth-order valence-corrected chi connectivity index (χ4v) is 5.03. The maximum Gasteiger partial charge on any atom is 0.337 e. The molecule has 1 aromatic carbocycles. The molecule has 12 heteroatoms. The van der Waals surface area contributed by atoms with Crippen molar-refractivity contribution in [3.8, 4) is 17.5 Å². The van der Waals surface area contributed by atoms with Crippen molar-refractivity contribution in [2.24, 2.45) is 0 Å². The number of benzene rings is 1. The van der Waals surface area contributed by atoms with Crippen LogP contribution < -0.4 is 14.8 Å². The van der Waals surface area contributed by atoms with Gasteiger partial charge in [-0.05, 0) is 56.2 Å². The van der Waals surface area contributed by atoms with Gasteiger partial charge in [-0.3, -0.25) is 4.79 Å². The van der Waals surface area contributed by atoms with E-state index in [1.807, 2.05) is 0 Å². The second-order valence-corrected chi connectivity index (χ2v) is 10.7. The van der Waals surface area contributed by atoms with Crippen molar-refractivity contribution in [2.45, 2.75) is 36.0 Å². The van der Waals surface area contributed by atoms with Gasteiger partial charge in [0.25, 0.3) is 5.91 Å². The number of carbonyl (C=O) groups is 2. The highest BCUT2D eigenvalue weighted by Crippen LogP contribution is 2.34. The molecule has 3 aromatic rings. The number of nitrogens with one attached hydrogen (secondary N) is 1. The summed E-state index contributed by atoms with van der Waals surface area (Å²) in [7, 11) is -1.80. The summed E-state index contributed by atoms with van der Waals surface area (Å²) >= 11 is 0. The van der Waals surface area contributed by atoms with E-state index >= 15 is 0 Å². The number of amides is 1. The smallest absolute Gasteiger partial charge is 0.337 e. The van der Waals surface area contributed by atoms with Gasteiger partial charge in [0.05, 0.1) is 27.9 Å². The molecule has 4 rings (SSSR count). The van der Waals surface area contributed by atoms with Crippen LogP contribution >= 0.6 is 0 Å². The van der Waals surface area contributed by atoms with Gasteiger partial charge < -0.3 is 24.6 Å². The van der Waals surface area contributed by atoms with E-state index in [-0.39, 0.29) is 51.6 Å². The lowest BCUT2D eigenvalue weighted by Crippen LogP contribution is -2.19. The first-order valence-electron chi connectivity index (χ1n) is 11.4. The van der Waals surface area contributed by atoms with Gasteiger partial charge in [-0.25, -0.2) is 18.2 Å². The number of pyridine rings is 2. The Balaban J connectivity index is 1.56. The predicted octanol–water partition coefficient (Wildman–Crippen LogP) is 3.57. The molecule has 1 amide bonds. The number of hydrogen-bond acceptors (Lipinski definition) is 9. The molecule has 0 unspecified atom stereocenters. The third-order valence-corrected chi connectivity index (χ3v) is 7.63. The summed E-state index contributed by atoms with van der Waals surface area (Å²) < 4.78 is 41.5. The molecule has 1 atom stereocenters. The van der Waals surface area contributed by atoms with Crippen LogP contribution in [0.1, 0.15) is 40.5 Å². The Labute approximate surface area is 213 Å². The summed E-state index contributed by atoms with van der Waals surface area (Å²) in [6.07, 6.45) is 2.10. The van der Waals surface area contributed by atoms with Crippen molar-refractivity contribution >= 4 is 27.5 Å². The van der Waals surface area contributed by atoms with Crippen molar-refractivity contribution in [3.63, 3.8) is 0 Å². The standard InChI is InChI=1S/C25H25N3O8S/c1-15(14-34-2)35-22-11-17(24(29)27-21-10-3-16(13-26-21)25(30)31)12-23(28-22)36-18-4-6-19(7-5-18)37(32,33)20-8-9-20/h3-7,10-13,15,20H,8-9,14H2,1-2H3,(H,30,31)(H,26,27,29)/t15-/m1/s1. The lowest BCUT2D eigenvalue weighted by Gasteiger charge is -2.15. The summed E-state index contributed by atoms with van der Waals surface area (Å²) in [6.45, 7) is 2.05. The Hall–Kier alpha value is -4.03. The Morgan fingerprint density at radius 2 is 1.78 bits per heavy atom. The van der Waals surface area contributed by atoms with Gasteiger partial charge in [0.2, 0.25) is 11.8 Å². The molecule has 0 bridgehead atoms. The number of anilines is 1.